The second-order valence-electron chi connectivity index (χ2n) is 4.02. The van der Waals surface area contributed by atoms with Gasteiger partial charge in [-0.1, -0.05) is 23.8 Å². The topological polar surface area (TPSA) is 66.2 Å². The minimum Gasteiger partial charge on any atom is -0.423 e. The summed E-state index contributed by atoms with van der Waals surface area (Å²) in [5.74, 6) is 0. The molecule has 2 rings (SSSR count). The minimum absolute atomic E-state index is 0.319. The SMILES string of the molecule is Cc1ccc(-c2ncncc2B(O)O)c(C)c1. The Kier molecular flexibility index (Phi) is 3.22. The van der Waals surface area contributed by atoms with E-state index in [-0.39, 0.29) is 0 Å². The first-order valence-electron chi connectivity index (χ1n) is 5.33. The molecule has 0 fully saturated rings. The smallest absolute Gasteiger partial charge is 0.423 e. The second kappa shape index (κ2) is 4.65. The Balaban J connectivity index is 2.60. The lowest BCUT2D eigenvalue weighted by Gasteiger charge is -2.10. The summed E-state index contributed by atoms with van der Waals surface area (Å²) >= 11 is 0. The van der Waals surface area contributed by atoms with Crippen LogP contribution in [0, 0.1) is 13.8 Å². The second-order valence-corrected chi connectivity index (χ2v) is 4.02. The van der Waals surface area contributed by atoms with Crippen LogP contribution in [0.3, 0.4) is 0 Å². The molecule has 0 saturated heterocycles. The molecule has 86 valence electrons. The maximum absolute atomic E-state index is 9.29. The number of aryl methyl sites for hydroxylation is 2. The Labute approximate surface area is 100 Å². The van der Waals surface area contributed by atoms with Gasteiger partial charge in [-0.3, -0.25) is 0 Å². The Bertz CT molecular complexity index is 544. The molecule has 0 unspecified atom stereocenters. The molecule has 1 aromatic carbocycles. The normalized spacial score (nSPS) is 10.4. The van der Waals surface area contributed by atoms with Gasteiger partial charge in [-0.25, -0.2) is 9.97 Å². The average molecular weight is 228 g/mol. The first kappa shape index (κ1) is 11.8. The lowest BCUT2D eigenvalue weighted by molar-refractivity contribution is 0.425. The van der Waals surface area contributed by atoms with Crippen molar-refractivity contribution in [1.82, 2.24) is 9.97 Å². The highest BCUT2D eigenvalue weighted by Gasteiger charge is 2.19. The molecule has 0 bridgehead atoms. The van der Waals surface area contributed by atoms with E-state index in [9.17, 15) is 10.0 Å². The van der Waals surface area contributed by atoms with Crippen molar-refractivity contribution >= 4 is 12.6 Å². The summed E-state index contributed by atoms with van der Waals surface area (Å²) < 4.78 is 0. The van der Waals surface area contributed by atoms with Crippen LogP contribution in [0.4, 0.5) is 0 Å². The number of benzene rings is 1. The third-order valence-corrected chi connectivity index (χ3v) is 2.66. The van der Waals surface area contributed by atoms with Crippen LogP contribution < -0.4 is 5.46 Å². The fourth-order valence-corrected chi connectivity index (χ4v) is 1.83. The molecule has 4 nitrogen and oxygen atoms in total. The Morgan fingerprint density at radius 1 is 1.18 bits per heavy atom. The Hall–Kier alpha value is -1.72. The maximum Gasteiger partial charge on any atom is 0.492 e. The molecule has 2 aromatic rings. The number of aromatic nitrogens is 2. The van der Waals surface area contributed by atoms with E-state index in [0.717, 1.165) is 16.7 Å². The molecule has 0 radical (unpaired) electrons. The largest absolute Gasteiger partial charge is 0.492 e. The quantitative estimate of drug-likeness (QED) is 0.732. The zero-order valence-electron chi connectivity index (χ0n) is 9.75. The monoisotopic (exact) mass is 228 g/mol. The van der Waals surface area contributed by atoms with Crippen LogP contribution in [0.5, 0.6) is 0 Å². The molecule has 0 atom stereocenters. The molecular formula is C12H13BN2O2. The predicted octanol–water partition coefficient (Wildman–Crippen LogP) is 0.440. The number of rotatable bonds is 2. The van der Waals surface area contributed by atoms with E-state index in [1.807, 2.05) is 32.0 Å². The van der Waals surface area contributed by atoms with Crippen LogP contribution in [0.25, 0.3) is 11.3 Å². The van der Waals surface area contributed by atoms with Gasteiger partial charge in [-0.05, 0) is 19.4 Å². The predicted molar refractivity (Wildman–Crippen MR) is 66.8 cm³/mol. The van der Waals surface area contributed by atoms with Gasteiger partial charge in [0, 0.05) is 17.2 Å². The van der Waals surface area contributed by atoms with E-state index in [0.29, 0.717) is 11.2 Å². The minimum atomic E-state index is -1.56. The molecule has 5 heteroatoms. The molecule has 1 heterocycles. The van der Waals surface area contributed by atoms with Crippen LogP contribution in [-0.2, 0) is 0 Å². The van der Waals surface area contributed by atoms with E-state index in [2.05, 4.69) is 9.97 Å². The standard InChI is InChI=1S/C12H13BN2O2/c1-8-3-4-10(9(2)5-8)12-11(13(16)17)6-14-7-15-12/h3-7,16-17H,1-2H3. The highest BCUT2D eigenvalue weighted by molar-refractivity contribution is 6.60. The van der Waals surface area contributed by atoms with E-state index >= 15 is 0 Å². The Morgan fingerprint density at radius 3 is 2.59 bits per heavy atom. The molecule has 0 saturated carbocycles. The van der Waals surface area contributed by atoms with Crippen molar-refractivity contribution in [2.75, 3.05) is 0 Å². The molecule has 0 aliphatic heterocycles. The van der Waals surface area contributed by atoms with Crippen molar-refractivity contribution in [2.24, 2.45) is 0 Å². The van der Waals surface area contributed by atoms with E-state index in [1.54, 1.807) is 0 Å². The van der Waals surface area contributed by atoms with Gasteiger partial charge < -0.3 is 10.0 Å². The molecule has 0 amide bonds. The van der Waals surface area contributed by atoms with Crippen molar-refractivity contribution in [3.63, 3.8) is 0 Å². The third kappa shape index (κ3) is 2.35. The van der Waals surface area contributed by atoms with Crippen molar-refractivity contribution in [2.45, 2.75) is 13.8 Å². The van der Waals surface area contributed by atoms with Crippen LogP contribution in [0.1, 0.15) is 11.1 Å². The van der Waals surface area contributed by atoms with Gasteiger partial charge in [0.2, 0.25) is 0 Å². The summed E-state index contributed by atoms with van der Waals surface area (Å²) in [6.07, 6.45) is 2.83. The number of hydrogen-bond donors (Lipinski definition) is 2. The summed E-state index contributed by atoms with van der Waals surface area (Å²) in [6.45, 7) is 3.98. The van der Waals surface area contributed by atoms with Gasteiger partial charge in [0.15, 0.2) is 0 Å². The summed E-state index contributed by atoms with van der Waals surface area (Å²) in [5, 5.41) is 18.6. The van der Waals surface area contributed by atoms with Gasteiger partial charge >= 0.3 is 7.12 Å². The highest BCUT2D eigenvalue weighted by Crippen LogP contribution is 2.20. The van der Waals surface area contributed by atoms with Crippen LogP contribution in [0.15, 0.2) is 30.7 Å². The average Bonchev–Trinajstić information content (AvgIpc) is 2.29. The third-order valence-electron chi connectivity index (χ3n) is 2.66. The zero-order valence-corrected chi connectivity index (χ0v) is 9.75. The summed E-state index contributed by atoms with van der Waals surface area (Å²) in [4.78, 5) is 7.94. The number of hydrogen-bond acceptors (Lipinski definition) is 4. The first-order valence-corrected chi connectivity index (χ1v) is 5.33. The fraction of sp³-hybridized carbons (Fsp3) is 0.167. The fourth-order valence-electron chi connectivity index (χ4n) is 1.83. The van der Waals surface area contributed by atoms with Gasteiger partial charge in [0.1, 0.15) is 6.33 Å². The summed E-state index contributed by atoms with van der Waals surface area (Å²) in [6, 6.07) is 5.93. The molecule has 0 spiro atoms. The number of nitrogens with zero attached hydrogens (tertiary/aromatic N) is 2. The first-order chi connectivity index (χ1) is 8.09. The molecule has 1 aromatic heterocycles. The van der Waals surface area contributed by atoms with Gasteiger partial charge in [-0.2, -0.15) is 0 Å². The van der Waals surface area contributed by atoms with E-state index in [4.69, 9.17) is 0 Å². The van der Waals surface area contributed by atoms with Crippen molar-refractivity contribution in [1.29, 1.82) is 0 Å². The maximum atomic E-state index is 9.29. The van der Waals surface area contributed by atoms with E-state index in [1.165, 1.54) is 12.5 Å². The van der Waals surface area contributed by atoms with Crippen LogP contribution in [-0.4, -0.2) is 27.1 Å². The van der Waals surface area contributed by atoms with Crippen LogP contribution in [0.2, 0.25) is 0 Å². The molecule has 17 heavy (non-hydrogen) atoms. The lowest BCUT2D eigenvalue weighted by Crippen LogP contribution is -2.32. The molecule has 0 aliphatic rings. The van der Waals surface area contributed by atoms with Crippen molar-refractivity contribution in [3.8, 4) is 11.3 Å². The van der Waals surface area contributed by atoms with Gasteiger partial charge in [0.25, 0.3) is 0 Å². The van der Waals surface area contributed by atoms with Gasteiger partial charge in [0.05, 0.1) is 5.69 Å². The van der Waals surface area contributed by atoms with Crippen LogP contribution >= 0.6 is 0 Å². The molecule has 2 N–H and O–H groups in total. The van der Waals surface area contributed by atoms with Crippen molar-refractivity contribution < 1.29 is 10.0 Å². The zero-order chi connectivity index (χ0) is 12.4. The molecular weight excluding hydrogens is 215 g/mol. The molecule has 0 aliphatic carbocycles. The summed E-state index contributed by atoms with van der Waals surface area (Å²) in [7, 11) is -1.56. The Morgan fingerprint density at radius 2 is 1.94 bits per heavy atom. The van der Waals surface area contributed by atoms with Gasteiger partial charge in [-0.15, -0.1) is 0 Å². The summed E-state index contributed by atoms with van der Waals surface area (Å²) in [5.41, 5.74) is 3.98. The van der Waals surface area contributed by atoms with E-state index < -0.39 is 7.12 Å². The highest BCUT2D eigenvalue weighted by atomic mass is 16.4. The van der Waals surface area contributed by atoms with Crippen molar-refractivity contribution in [3.05, 3.63) is 41.9 Å². The lowest BCUT2D eigenvalue weighted by atomic mass is 9.78.